The molecule has 1 fully saturated rings. The Balaban J connectivity index is 1.54. The molecular weight excluding hydrogens is 450 g/mol. The van der Waals surface area contributed by atoms with Gasteiger partial charge in [-0.1, -0.05) is 17.7 Å². The molecule has 0 aliphatic carbocycles. The zero-order valence-electron chi connectivity index (χ0n) is 16.5. The molecule has 166 valence electrons. The molecule has 0 saturated carbocycles. The van der Waals surface area contributed by atoms with Crippen LogP contribution in [-0.4, -0.2) is 36.6 Å². The first-order chi connectivity index (χ1) is 15.3. The number of amides is 1. The predicted octanol–water partition coefficient (Wildman–Crippen LogP) is 4.90. The van der Waals surface area contributed by atoms with Gasteiger partial charge in [-0.25, -0.2) is 9.37 Å². The standard InChI is InChI=1S/C21H16ClF4N5O/c22-17-13(4-2-5-14(17)21(24,25)26)20(32)31-12-3-1-6-16(31)19-29-28-18(30(19)10-12)15-8-7-11(23)9-27-15/h2,4-5,7-9,12,16H,1,3,6,10H2/t12-,16+/m1/s1. The normalized spacial score (nSPS) is 20.2. The molecule has 1 aromatic carbocycles. The molecule has 11 heteroatoms. The molecule has 2 bridgehead atoms. The van der Waals surface area contributed by atoms with Crippen LogP contribution < -0.4 is 0 Å². The topological polar surface area (TPSA) is 63.9 Å². The molecule has 4 heterocycles. The van der Waals surface area contributed by atoms with Crippen LogP contribution in [0.15, 0.2) is 36.5 Å². The predicted molar refractivity (Wildman–Crippen MR) is 106 cm³/mol. The minimum Gasteiger partial charge on any atom is -0.324 e. The van der Waals surface area contributed by atoms with E-state index in [1.807, 2.05) is 4.57 Å². The number of piperidine rings is 1. The van der Waals surface area contributed by atoms with Crippen LogP contribution in [0.5, 0.6) is 0 Å². The molecule has 6 nitrogen and oxygen atoms in total. The Hall–Kier alpha value is -3.01. The first-order valence-electron chi connectivity index (χ1n) is 9.99. The fourth-order valence-corrected chi connectivity index (χ4v) is 4.84. The summed E-state index contributed by atoms with van der Waals surface area (Å²) in [5.41, 5.74) is -0.782. The molecule has 1 saturated heterocycles. The van der Waals surface area contributed by atoms with Crippen molar-refractivity contribution >= 4 is 17.5 Å². The molecule has 0 N–H and O–H groups in total. The largest absolute Gasteiger partial charge is 0.417 e. The van der Waals surface area contributed by atoms with Crippen molar-refractivity contribution in [1.82, 2.24) is 24.6 Å². The summed E-state index contributed by atoms with van der Waals surface area (Å²) in [6, 6.07) is 5.40. The van der Waals surface area contributed by atoms with Gasteiger partial charge >= 0.3 is 6.18 Å². The third kappa shape index (κ3) is 3.33. The van der Waals surface area contributed by atoms with Crippen LogP contribution in [-0.2, 0) is 12.7 Å². The summed E-state index contributed by atoms with van der Waals surface area (Å²) in [4.78, 5) is 19.0. The van der Waals surface area contributed by atoms with Gasteiger partial charge in [-0.2, -0.15) is 13.2 Å². The zero-order chi connectivity index (χ0) is 22.6. The Morgan fingerprint density at radius 3 is 2.66 bits per heavy atom. The Morgan fingerprint density at radius 2 is 1.94 bits per heavy atom. The molecule has 0 spiro atoms. The highest BCUT2D eigenvalue weighted by atomic mass is 35.5. The number of aromatic nitrogens is 4. The van der Waals surface area contributed by atoms with Crippen molar-refractivity contribution in [3.8, 4) is 11.5 Å². The Morgan fingerprint density at radius 1 is 1.12 bits per heavy atom. The average Bonchev–Trinajstić information content (AvgIpc) is 3.16. The maximum Gasteiger partial charge on any atom is 0.417 e. The van der Waals surface area contributed by atoms with E-state index in [1.54, 1.807) is 4.90 Å². The number of pyridine rings is 1. The molecule has 0 unspecified atom stereocenters. The third-order valence-corrected chi connectivity index (χ3v) is 6.35. The van der Waals surface area contributed by atoms with E-state index in [9.17, 15) is 22.4 Å². The van der Waals surface area contributed by atoms with Crippen molar-refractivity contribution in [3.63, 3.8) is 0 Å². The summed E-state index contributed by atoms with van der Waals surface area (Å²) in [5.74, 6) is -0.0510. The van der Waals surface area contributed by atoms with Crippen LogP contribution in [0.25, 0.3) is 11.5 Å². The lowest BCUT2D eigenvalue weighted by Crippen LogP contribution is -2.52. The van der Waals surface area contributed by atoms with E-state index < -0.39 is 34.5 Å². The second kappa shape index (κ2) is 7.54. The van der Waals surface area contributed by atoms with Gasteiger partial charge in [0.05, 0.1) is 34.4 Å². The second-order valence-corrected chi connectivity index (χ2v) is 8.21. The lowest BCUT2D eigenvalue weighted by atomic mass is 9.90. The van der Waals surface area contributed by atoms with E-state index in [2.05, 4.69) is 15.2 Å². The van der Waals surface area contributed by atoms with Crippen LogP contribution in [0.3, 0.4) is 0 Å². The molecule has 2 aromatic heterocycles. The van der Waals surface area contributed by atoms with E-state index in [4.69, 9.17) is 11.6 Å². The average molecular weight is 466 g/mol. The van der Waals surface area contributed by atoms with Gasteiger partial charge in [0.25, 0.3) is 5.91 Å². The van der Waals surface area contributed by atoms with Crippen molar-refractivity contribution in [2.24, 2.45) is 0 Å². The number of carbonyl (C=O) groups is 1. The van der Waals surface area contributed by atoms with Gasteiger partial charge in [-0.3, -0.25) is 4.79 Å². The van der Waals surface area contributed by atoms with E-state index >= 15 is 0 Å². The fraction of sp³-hybridized carbons (Fsp3) is 0.333. The smallest absolute Gasteiger partial charge is 0.324 e. The molecular formula is C21H16ClF4N5O. The lowest BCUT2D eigenvalue weighted by Gasteiger charge is -2.45. The summed E-state index contributed by atoms with van der Waals surface area (Å²) in [7, 11) is 0. The maximum atomic E-state index is 13.4. The minimum atomic E-state index is -4.66. The Kier molecular flexibility index (Phi) is 4.92. The van der Waals surface area contributed by atoms with Crippen LogP contribution >= 0.6 is 11.6 Å². The number of hydrogen-bond donors (Lipinski definition) is 0. The highest BCUT2D eigenvalue weighted by Crippen LogP contribution is 2.42. The van der Waals surface area contributed by atoms with Gasteiger partial charge in [0.15, 0.2) is 11.6 Å². The number of carbonyl (C=O) groups excluding carboxylic acids is 1. The highest BCUT2D eigenvalue weighted by molar-refractivity contribution is 6.34. The molecule has 2 aliphatic heterocycles. The van der Waals surface area contributed by atoms with Gasteiger partial charge in [-0.05, 0) is 43.5 Å². The fourth-order valence-electron chi connectivity index (χ4n) is 4.52. The number of nitrogens with zero attached hydrogens (tertiary/aromatic N) is 5. The molecule has 0 radical (unpaired) electrons. The number of alkyl halides is 3. The molecule has 2 aliphatic rings. The molecule has 32 heavy (non-hydrogen) atoms. The van der Waals surface area contributed by atoms with Gasteiger partial charge in [0.2, 0.25) is 0 Å². The van der Waals surface area contributed by atoms with Gasteiger partial charge in [0.1, 0.15) is 11.5 Å². The Bertz CT molecular complexity index is 1190. The first kappa shape index (κ1) is 20.9. The molecule has 2 atom stereocenters. The number of rotatable bonds is 2. The van der Waals surface area contributed by atoms with E-state index in [-0.39, 0.29) is 11.6 Å². The summed E-state index contributed by atoms with van der Waals surface area (Å²) in [5, 5.41) is 7.85. The quantitative estimate of drug-likeness (QED) is 0.505. The summed E-state index contributed by atoms with van der Waals surface area (Å²) in [6.45, 7) is 0.357. The van der Waals surface area contributed by atoms with E-state index in [1.165, 1.54) is 24.3 Å². The molecule has 1 amide bonds. The van der Waals surface area contributed by atoms with Crippen LogP contribution in [0.1, 0.15) is 47.1 Å². The number of halogens is 5. The zero-order valence-corrected chi connectivity index (χ0v) is 17.2. The monoisotopic (exact) mass is 465 g/mol. The van der Waals surface area contributed by atoms with E-state index in [0.717, 1.165) is 18.7 Å². The lowest BCUT2D eigenvalue weighted by molar-refractivity contribution is -0.137. The number of hydrogen-bond acceptors (Lipinski definition) is 4. The van der Waals surface area contributed by atoms with Crippen LogP contribution in [0.2, 0.25) is 5.02 Å². The van der Waals surface area contributed by atoms with Crippen molar-refractivity contribution in [1.29, 1.82) is 0 Å². The molecule has 3 aromatic rings. The number of benzene rings is 1. The van der Waals surface area contributed by atoms with E-state index in [0.29, 0.717) is 36.7 Å². The van der Waals surface area contributed by atoms with Crippen molar-refractivity contribution < 1.29 is 22.4 Å². The summed E-state index contributed by atoms with van der Waals surface area (Å²) < 4.78 is 55.0. The van der Waals surface area contributed by atoms with Crippen LogP contribution in [0, 0.1) is 5.82 Å². The Labute approximate surface area is 184 Å². The minimum absolute atomic E-state index is 0.188. The SMILES string of the molecule is O=C(c1cccc(C(F)(F)F)c1Cl)N1[C@@H]2CCC[C@H]1c1nnc(-c3ccc(F)cn3)n1C2. The summed E-state index contributed by atoms with van der Waals surface area (Å²) >= 11 is 6.02. The second-order valence-electron chi connectivity index (χ2n) is 7.83. The maximum absolute atomic E-state index is 13.4. The van der Waals surface area contributed by atoms with Gasteiger partial charge in [-0.15, -0.1) is 10.2 Å². The van der Waals surface area contributed by atoms with Gasteiger partial charge < -0.3 is 9.47 Å². The van der Waals surface area contributed by atoms with Gasteiger partial charge in [0, 0.05) is 6.54 Å². The molecule has 5 rings (SSSR count). The highest BCUT2D eigenvalue weighted by Gasteiger charge is 2.44. The third-order valence-electron chi connectivity index (χ3n) is 5.94. The number of fused-ring (bicyclic) bond motifs is 4. The van der Waals surface area contributed by atoms with Crippen molar-refractivity contribution in [3.05, 3.63) is 64.3 Å². The van der Waals surface area contributed by atoms with Crippen molar-refractivity contribution in [2.45, 2.75) is 44.1 Å². The van der Waals surface area contributed by atoms with Crippen molar-refractivity contribution in [2.75, 3.05) is 0 Å². The first-order valence-corrected chi connectivity index (χ1v) is 10.4. The van der Waals surface area contributed by atoms with Crippen LogP contribution in [0.4, 0.5) is 17.6 Å². The summed E-state index contributed by atoms with van der Waals surface area (Å²) in [6.07, 6.45) is -1.47.